The average Bonchev–Trinajstić information content (AvgIpc) is 3.28. The van der Waals surface area contributed by atoms with E-state index in [9.17, 15) is 9.18 Å². The third-order valence-electron chi connectivity index (χ3n) is 4.52. The van der Waals surface area contributed by atoms with Crippen LogP contribution in [-0.2, 0) is 0 Å². The number of aromatic nitrogens is 3. The van der Waals surface area contributed by atoms with Crippen molar-refractivity contribution >= 4 is 28.2 Å². The molecule has 0 fully saturated rings. The van der Waals surface area contributed by atoms with Crippen molar-refractivity contribution in [1.29, 1.82) is 0 Å². The first kappa shape index (κ1) is 19.8. The number of hydrogen-bond donors (Lipinski definition) is 0. The summed E-state index contributed by atoms with van der Waals surface area (Å²) in [5.41, 5.74) is 2.48. The smallest absolute Gasteiger partial charge is 0.213 e. The minimum absolute atomic E-state index is 0.206. The first-order valence-electron chi connectivity index (χ1n) is 9.06. The van der Waals surface area contributed by atoms with Crippen LogP contribution in [-0.4, -0.2) is 34.6 Å². The highest BCUT2D eigenvalue weighted by atomic mass is 32.1. The number of aryl methyl sites for hydroxylation is 1. The summed E-state index contributed by atoms with van der Waals surface area (Å²) in [5.74, 6) is 0.495. The van der Waals surface area contributed by atoms with Crippen LogP contribution in [0, 0.1) is 12.7 Å². The quantitative estimate of drug-likeness (QED) is 0.329. The molecule has 0 spiro atoms. The molecular weight excluding hydrogens is 405 g/mol. The summed E-state index contributed by atoms with van der Waals surface area (Å²) in [4.78, 5) is 18.1. The largest absolute Gasteiger partial charge is 0.493 e. The number of allylic oxidation sites excluding steroid dienone is 1. The number of hydrogen-bond acceptors (Lipinski definition) is 6. The lowest BCUT2D eigenvalue weighted by molar-refractivity contribution is 0.104. The van der Waals surface area contributed by atoms with Gasteiger partial charge < -0.3 is 9.47 Å². The highest BCUT2D eigenvalue weighted by molar-refractivity contribution is 7.16. The molecule has 2 aromatic carbocycles. The Morgan fingerprint density at radius 1 is 1.10 bits per heavy atom. The minimum Gasteiger partial charge on any atom is -0.493 e. The molecule has 0 unspecified atom stereocenters. The summed E-state index contributed by atoms with van der Waals surface area (Å²) in [6, 6.07) is 11.1. The highest BCUT2D eigenvalue weighted by Gasteiger charge is 2.16. The lowest BCUT2D eigenvalue weighted by Gasteiger charge is -2.08. The Labute approximate surface area is 176 Å². The third-order valence-corrected chi connectivity index (χ3v) is 5.34. The summed E-state index contributed by atoms with van der Waals surface area (Å²) in [7, 11) is 3.06. The molecule has 0 aliphatic rings. The van der Waals surface area contributed by atoms with Gasteiger partial charge in [0.25, 0.3) is 0 Å². The van der Waals surface area contributed by atoms with Gasteiger partial charge in [0.2, 0.25) is 4.96 Å². The van der Waals surface area contributed by atoms with E-state index >= 15 is 0 Å². The van der Waals surface area contributed by atoms with Crippen molar-refractivity contribution in [3.63, 3.8) is 0 Å². The lowest BCUT2D eigenvalue weighted by Crippen LogP contribution is -1.98. The normalized spacial score (nSPS) is 11.3. The fraction of sp³-hybridized carbons (Fsp3) is 0.136. The van der Waals surface area contributed by atoms with Crippen molar-refractivity contribution in [2.45, 2.75) is 6.92 Å². The van der Waals surface area contributed by atoms with Crippen LogP contribution >= 0.6 is 11.3 Å². The second-order valence-corrected chi connectivity index (χ2v) is 7.60. The average molecular weight is 423 g/mol. The number of ketones is 1. The Morgan fingerprint density at radius 2 is 1.83 bits per heavy atom. The summed E-state index contributed by atoms with van der Waals surface area (Å²) >= 11 is 1.44. The molecule has 0 aliphatic heterocycles. The molecule has 2 heterocycles. The van der Waals surface area contributed by atoms with Crippen molar-refractivity contribution in [2.24, 2.45) is 0 Å². The maximum absolute atomic E-state index is 13.3. The van der Waals surface area contributed by atoms with Crippen molar-refractivity contribution in [3.05, 3.63) is 70.6 Å². The minimum atomic E-state index is -0.325. The number of benzene rings is 2. The lowest BCUT2D eigenvalue weighted by atomic mass is 10.1. The van der Waals surface area contributed by atoms with Crippen LogP contribution in [0.25, 0.3) is 22.3 Å². The molecular formula is C22H18FN3O3S. The summed E-state index contributed by atoms with van der Waals surface area (Å²) in [6.07, 6.45) is 3.14. The van der Waals surface area contributed by atoms with Gasteiger partial charge in [0.1, 0.15) is 10.8 Å². The van der Waals surface area contributed by atoms with Crippen LogP contribution in [0.2, 0.25) is 0 Å². The highest BCUT2D eigenvalue weighted by Crippen LogP contribution is 2.30. The van der Waals surface area contributed by atoms with E-state index in [-0.39, 0.29) is 11.6 Å². The number of rotatable bonds is 6. The van der Waals surface area contributed by atoms with E-state index in [0.717, 1.165) is 10.6 Å². The van der Waals surface area contributed by atoms with Gasteiger partial charge in [-0.2, -0.15) is 5.10 Å². The van der Waals surface area contributed by atoms with Crippen LogP contribution in [0.5, 0.6) is 11.5 Å². The fourth-order valence-corrected chi connectivity index (χ4v) is 3.82. The zero-order chi connectivity index (χ0) is 21.3. The Bertz CT molecular complexity index is 1260. The Morgan fingerprint density at radius 3 is 2.53 bits per heavy atom. The second kappa shape index (κ2) is 8.08. The van der Waals surface area contributed by atoms with E-state index in [0.29, 0.717) is 33.4 Å². The Hall–Kier alpha value is -3.52. The number of carbonyl (C=O) groups excluding carboxylic acids is 1. The van der Waals surface area contributed by atoms with Crippen LogP contribution in [0.4, 0.5) is 4.39 Å². The molecule has 0 radical (unpaired) electrons. The van der Waals surface area contributed by atoms with Crippen LogP contribution in [0.1, 0.15) is 21.1 Å². The predicted molar refractivity (Wildman–Crippen MR) is 114 cm³/mol. The maximum atomic E-state index is 13.3. The number of nitrogens with zero attached hydrogens (tertiary/aromatic N) is 3. The first-order chi connectivity index (χ1) is 14.5. The maximum Gasteiger partial charge on any atom is 0.213 e. The number of imidazole rings is 1. The summed E-state index contributed by atoms with van der Waals surface area (Å²) in [5, 5.41) is 5.33. The van der Waals surface area contributed by atoms with E-state index in [4.69, 9.17) is 9.47 Å². The number of ether oxygens (including phenoxy) is 2. The van der Waals surface area contributed by atoms with E-state index in [1.807, 2.05) is 6.92 Å². The molecule has 0 N–H and O–H groups in total. The van der Waals surface area contributed by atoms with E-state index < -0.39 is 0 Å². The van der Waals surface area contributed by atoms with E-state index in [2.05, 4.69) is 10.1 Å². The molecule has 4 aromatic rings. The van der Waals surface area contributed by atoms with Crippen molar-refractivity contribution < 1.29 is 18.7 Å². The van der Waals surface area contributed by atoms with Crippen LogP contribution in [0.3, 0.4) is 0 Å². The predicted octanol–water partition coefficient (Wildman–Crippen LogP) is 4.82. The fourth-order valence-electron chi connectivity index (χ4n) is 3.07. The number of halogens is 1. The van der Waals surface area contributed by atoms with Gasteiger partial charge in [0.05, 0.1) is 25.6 Å². The Balaban J connectivity index is 1.73. The summed E-state index contributed by atoms with van der Waals surface area (Å²) < 4.78 is 25.5. The van der Waals surface area contributed by atoms with Gasteiger partial charge in [0.15, 0.2) is 17.3 Å². The standard InChI is InChI=1S/C22H18FN3O3S/c1-13-25-26-17(21(24-22(26)30-13)14-4-7-16(23)8-5-14)9-10-18(27)15-6-11-19(28-2)20(12-15)29-3/h4-12H,1-3H3/b10-9+. The van der Waals surface area contributed by atoms with Crippen molar-refractivity contribution in [2.75, 3.05) is 14.2 Å². The van der Waals surface area contributed by atoms with Gasteiger partial charge in [-0.15, -0.1) is 0 Å². The molecule has 30 heavy (non-hydrogen) atoms. The van der Waals surface area contributed by atoms with Gasteiger partial charge in [-0.1, -0.05) is 11.3 Å². The molecule has 0 amide bonds. The number of methoxy groups -OCH3 is 2. The molecule has 4 rings (SSSR count). The SMILES string of the molecule is COc1ccc(C(=O)/C=C/c2c(-c3ccc(F)cc3)nc3sc(C)nn23)cc1OC. The topological polar surface area (TPSA) is 65.7 Å². The molecule has 0 aliphatic carbocycles. The van der Waals surface area contributed by atoms with Gasteiger partial charge >= 0.3 is 0 Å². The van der Waals surface area contributed by atoms with Crippen LogP contribution in [0.15, 0.2) is 48.5 Å². The van der Waals surface area contributed by atoms with Crippen molar-refractivity contribution in [3.8, 4) is 22.8 Å². The van der Waals surface area contributed by atoms with E-state index in [1.165, 1.54) is 43.8 Å². The molecule has 0 atom stereocenters. The van der Waals surface area contributed by atoms with Gasteiger partial charge in [-0.05, 0) is 61.5 Å². The van der Waals surface area contributed by atoms with Crippen molar-refractivity contribution in [1.82, 2.24) is 14.6 Å². The number of carbonyl (C=O) groups is 1. The van der Waals surface area contributed by atoms with Gasteiger partial charge in [-0.25, -0.2) is 13.9 Å². The van der Waals surface area contributed by atoms with Gasteiger partial charge in [-0.3, -0.25) is 4.79 Å². The zero-order valence-electron chi connectivity index (χ0n) is 16.5. The third kappa shape index (κ3) is 3.69. The molecule has 0 saturated carbocycles. The molecule has 0 bridgehead atoms. The molecule has 0 saturated heterocycles. The first-order valence-corrected chi connectivity index (χ1v) is 9.88. The molecule has 2 aromatic heterocycles. The molecule has 152 valence electrons. The zero-order valence-corrected chi connectivity index (χ0v) is 17.4. The monoisotopic (exact) mass is 423 g/mol. The number of fused-ring (bicyclic) bond motifs is 1. The molecule has 8 heteroatoms. The van der Waals surface area contributed by atoms with Crippen LogP contribution < -0.4 is 9.47 Å². The van der Waals surface area contributed by atoms with E-state index in [1.54, 1.807) is 40.9 Å². The Kier molecular flexibility index (Phi) is 5.33. The molecule has 6 nitrogen and oxygen atoms in total. The second-order valence-electron chi connectivity index (χ2n) is 6.44. The van der Waals surface area contributed by atoms with Gasteiger partial charge in [0, 0.05) is 11.1 Å². The summed E-state index contributed by atoms with van der Waals surface area (Å²) in [6.45, 7) is 1.89.